The first-order valence-electron chi connectivity index (χ1n) is 6.97. The standard InChI is InChI=1S/C12H15N5O3S3/c1-3-23(19,20)17-5-4-8-9(6-17)21-12(13-8)14-11(18)10-7(2)15-16-22-10/h3-6H2,1-2H3,(H,13,14,18). The lowest BCUT2D eigenvalue weighted by molar-refractivity contribution is 0.103. The summed E-state index contributed by atoms with van der Waals surface area (Å²) in [6, 6.07) is 0. The number of aromatic nitrogens is 3. The SMILES string of the molecule is CCS(=O)(=O)N1CCc2nc(NC(=O)c3snnc3C)sc2C1. The summed E-state index contributed by atoms with van der Waals surface area (Å²) in [6.07, 6.45) is 0.558. The number of nitrogens with zero attached hydrogens (tertiary/aromatic N) is 4. The van der Waals surface area contributed by atoms with Crippen LogP contribution < -0.4 is 5.32 Å². The van der Waals surface area contributed by atoms with E-state index in [1.165, 1.54) is 15.6 Å². The van der Waals surface area contributed by atoms with E-state index in [2.05, 4.69) is 19.9 Å². The Labute approximate surface area is 141 Å². The van der Waals surface area contributed by atoms with Crippen molar-refractivity contribution in [2.75, 3.05) is 17.6 Å². The molecule has 1 N–H and O–H groups in total. The molecule has 8 nitrogen and oxygen atoms in total. The molecule has 23 heavy (non-hydrogen) atoms. The molecule has 0 saturated heterocycles. The number of rotatable bonds is 4. The van der Waals surface area contributed by atoms with Crippen molar-refractivity contribution in [3.63, 3.8) is 0 Å². The molecule has 0 aliphatic carbocycles. The highest BCUT2D eigenvalue weighted by Gasteiger charge is 2.28. The van der Waals surface area contributed by atoms with Gasteiger partial charge in [0.25, 0.3) is 5.91 Å². The Morgan fingerprint density at radius 2 is 2.22 bits per heavy atom. The number of anilines is 1. The third-order valence-corrected chi connectivity index (χ3v) is 7.19. The molecular weight excluding hydrogens is 358 g/mol. The monoisotopic (exact) mass is 373 g/mol. The summed E-state index contributed by atoms with van der Waals surface area (Å²) in [6.45, 7) is 4.10. The van der Waals surface area contributed by atoms with Crippen molar-refractivity contribution in [3.8, 4) is 0 Å². The van der Waals surface area contributed by atoms with Crippen LogP contribution in [0.1, 0.15) is 32.9 Å². The van der Waals surface area contributed by atoms with Crippen molar-refractivity contribution in [1.29, 1.82) is 0 Å². The molecule has 2 aromatic rings. The third kappa shape index (κ3) is 3.27. The van der Waals surface area contributed by atoms with Crippen LogP contribution in [0.4, 0.5) is 5.13 Å². The van der Waals surface area contributed by atoms with Crippen molar-refractivity contribution in [2.24, 2.45) is 0 Å². The number of aryl methyl sites for hydroxylation is 1. The third-order valence-electron chi connectivity index (χ3n) is 3.53. The fraction of sp³-hybridized carbons (Fsp3) is 0.500. The second kappa shape index (κ2) is 6.23. The van der Waals surface area contributed by atoms with Gasteiger partial charge in [-0.25, -0.2) is 13.4 Å². The Morgan fingerprint density at radius 1 is 1.43 bits per heavy atom. The van der Waals surface area contributed by atoms with E-state index in [-0.39, 0.29) is 11.7 Å². The topological polar surface area (TPSA) is 105 Å². The number of carbonyl (C=O) groups excluding carboxylic acids is 1. The van der Waals surface area contributed by atoms with Gasteiger partial charge in [-0.1, -0.05) is 4.49 Å². The number of hydrogen-bond donors (Lipinski definition) is 1. The molecule has 0 aromatic carbocycles. The van der Waals surface area contributed by atoms with Gasteiger partial charge in [-0.2, -0.15) is 4.31 Å². The Hall–Kier alpha value is -1.43. The zero-order valence-electron chi connectivity index (χ0n) is 12.6. The lowest BCUT2D eigenvalue weighted by Gasteiger charge is -2.24. The first-order chi connectivity index (χ1) is 10.9. The molecule has 1 aliphatic heterocycles. The van der Waals surface area contributed by atoms with E-state index in [1.807, 2.05) is 0 Å². The van der Waals surface area contributed by atoms with Gasteiger partial charge >= 0.3 is 0 Å². The van der Waals surface area contributed by atoms with E-state index in [0.717, 1.165) is 22.1 Å². The molecule has 0 spiro atoms. The minimum Gasteiger partial charge on any atom is -0.297 e. The lowest BCUT2D eigenvalue weighted by Crippen LogP contribution is -2.36. The normalized spacial score (nSPS) is 15.4. The first kappa shape index (κ1) is 16.4. The van der Waals surface area contributed by atoms with E-state index in [9.17, 15) is 13.2 Å². The Kier molecular flexibility index (Phi) is 4.45. The largest absolute Gasteiger partial charge is 0.297 e. The molecule has 3 rings (SSSR count). The number of nitrogens with one attached hydrogen (secondary N) is 1. The summed E-state index contributed by atoms with van der Waals surface area (Å²) in [5, 5.41) is 7.02. The minimum absolute atomic E-state index is 0.0857. The van der Waals surface area contributed by atoms with Crippen LogP contribution in [0, 0.1) is 6.92 Å². The summed E-state index contributed by atoms with van der Waals surface area (Å²) >= 11 is 2.35. The van der Waals surface area contributed by atoms with Crippen LogP contribution in [-0.2, 0) is 23.0 Å². The predicted molar refractivity (Wildman–Crippen MR) is 88.3 cm³/mol. The molecule has 11 heteroatoms. The van der Waals surface area contributed by atoms with Crippen LogP contribution in [0.2, 0.25) is 0 Å². The number of hydrogen-bond acceptors (Lipinski definition) is 8. The molecule has 1 aliphatic rings. The van der Waals surface area contributed by atoms with E-state index >= 15 is 0 Å². The van der Waals surface area contributed by atoms with Crippen LogP contribution in [0.5, 0.6) is 0 Å². The van der Waals surface area contributed by atoms with E-state index in [0.29, 0.717) is 35.2 Å². The first-order valence-corrected chi connectivity index (χ1v) is 10.2. The number of fused-ring (bicyclic) bond motifs is 1. The molecule has 0 fully saturated rings. The second-order valence-corrected chi connectivity index (χ2v) is 9.11. The second-order valence-electron chi connectivity index (χ2n) is 5.01. The molecule has 1 amide bonds. The molecule has 0 unspecified atom stereocenters. The summed E-state index contributed by atoms with van der Waals surface area (Å²) in [4.78, 5) is 17.9. The zero-order valence-corrected chi connectivity index (χ0v) is 15.0. The summed E-state index contributed by atoms with van der Waals surface area (Å²) in [7, 11) is -3.21. The van der Waals surface area contributed by atoms with Crippen LogP contribution in [-0.4, -0.2) is 45.5 Å². The van der Waals surface area contributed by atoms with Gasteiger partial charge in [-0.05, 0) is 25.4 Å². The molecule has 124 valence electrons. The highest BCUT2D eigenvalue weighted by Crippen LogP contribution is 2.30. The van der Waals surface area contributed by atoms with E-state index in [1.54, 1.807) is 13.8 Å². The molecule has 2 aromatic heterocycles. The fourth-order valence-corrected chi connectivity index (χ4v) is 4.95. The maximum Gasteiger partial charge on any atom is 0.271 e. The van der Waals surface area contributed by atoms with Crippen LogP contribution in [0.25, 0.3) is 0 Å². The van der Waals surface area contributed by atoms with Gasteiger partial charge < -0.3 is 0 Å². The minimum atomic E-state index is -3.21. The zero-order chi connectivity index (χ0) is 16.6. The molecule has 0 atom stereocenters. The fourth-order valence-electron chi connectivity index (χ4n) is 2.24. The van der Waals surface area contributed by atoms with Crippen molar-refractivity contribution in [1.82, 2.24) is 18.9 Å². The lowest BCUT2D eigenvalue weighted by atomic mass is 10.2. The smallest absolute Gasteiger partial charge is 0.271 e. The summed E-state index contributed by atoms with van der Waals surface area (Å²) in [5.74, 6) is -0.204. The van der Waals surface area contributed by atoms with Gasteiger partial charge in [-0.3, -0.25) is 10.1 Å². The van der Waals surface area contributed by atoms with Gasteiger partial charge in [0, 0.05) is 24.4 Å². The predicted octanol–water partition coefficient (Wildman–Crippen LogP) is 1.26. The van der Waals surface area contributed by atoms with Gasteiger partial charge in [0.1, 0.15) is 4.88 Å². The maximum absolute atomic E-state index is 12.2. The summed E-state index contributed by atoms with van der Waals surface area (Å²) in [5.41, 5.74) is 1.43. The quantitative estimate of drug-likeness (QED) is 0.865. The Balaban J connectivity index is 1.76. The maximum atomic E-state index is 12.2. The van der Waals surface area contributed by atoms with Crippen molar-refractivity contribution < 1.29 is 13.2 Å². The van der Waals surface area contributed by atoms with E-state index in [4.69, 9.17) is 0 Å². The number of amides is 1. The molecule has 0 saturated carbocycles. The Morgan fingerprint density at radius 3 is 2.87 bits per heavy atom. The molecule has 0 bridgehead atoms. The number of carbonyl (C=O) groups is 1. The van der Waals surface area contributed by atoms with Crippen LogP contribution >= 0.6 is 22.9 Å². The number of sulfonamides is 1. The van der Waals surface area contributed by atoms with Crippen molar-refractivity contribution >= 4 is 43.9 Å². The Bertz CT molecular complexity index is 842. The van der Waals surface area contributed by atoms with Crippen LogP contribution in [0.15, 0.2) is 0 Å². The van der Waals surface area contributed by atoms with Gasteiger partial charge in [0.15, 0.2) is 5.13 Å². The van der Waals surface area contributed by atoms with Crippen LogP contribution in [0.3, 0.4) is 0 Å². The highest BCUT2D eigenvalue weighted by molar-refractivity contribution is 7.89. The number of thiazole rings is 1. The molecule has 3 heterocycles. The summed E-state index contributed by atoms with van der Waals surface area (Å²) < 4.78 is 29.1. The molecule has 0 radical (unpaired) electrons. The average Bonchev–Trinajstić information content (AvgIpc) is 3.11. The van der Waals surface area contributed by atoms with Crippen molar-refractivity contribution in [2.45, 2.75) is 26.8 Å². The van der Waals surface area contributed by atoms with Gasteiger partial charge in [0.2, 0.25) is 10.0 Å². The van der Waals surface area contributed by atoms with E-state index < -0.39 is 10.0 Å². The average molecular weight is 373 g/mol. The van der Waals surface area contributed by atoms with Gasteiger partial charge in [-0.15, -0.1) is 16.4 Å². The van der Waals surface area contributed by atoms with Crippen molar-refractivity contribution in [3.05, 3.63) is 21.1 Å². The molecular formula is C12H15N5O3S3. The van der Waals surface area contributed by atoms with Gasteiger partial charge in [0.05, 0.1) is 17.1 Å². The highest BCUT2D eigenvalue weighted by atomic mass is 32.2.